The van der Waals surface area contributed by atoms with Crippen LogP contribution in [0.3, 0.4) is 0 Å². The highest BCUT2D eigenvalue weighted by molar-refractivity contribution is 7.77. The number of rotatable bonds is 9. The lowest BCUT2D eigenvalue weighted by Gasteiger charge is -2.38. The molecule has 0 saturated carbocycles. The van der Waals surface area contributed by atoms with Crippen molar-refractivity contribution in [2.45, 2.75) is 38.8 Å². The van der Waals surface area contributed by atoms with Crippen LogP contribution in [0.25, 0.3) is 0 Å². The molecule has 0 fully saturated rings. The first-order valence-electron chi connectivity index (χ1n) is 12.8. The summed E-state index contributed by atoms with van der Waals surface area (Å²) in [5.41, 5.74) is -0.285. The van der Waals surface area contributed by atoms with Crippen LogP contribution in [0.1, 0.15) is 38.1 Å². The molecule has 40 heavy (non-hydrogen) atoms. The molecule has 0 aliphatic carbocycles. The van der Waals surface area contributed by atoms with Gasteiger partial charge < -0.3 is 14.8 Å². The third kappa shape index (κ3) is 6.82. The summed E-state index contributed by atoms with van der Waals surface area (Å²) >= 11 is 1.39. The standard InChI is InChI=1S/C31H33N2O5PS/c1-31(2,3)38-30(35)33(39(36,25-12-7-5-8-13-25)26-14-9-6-10-15-26)27(28-16-11-21-40-28)22-29(34)32-23-17-19-24(37-4)20-18-23/h5-21,27H,22H2,1-4H3,(H,32,34). The number of hydrogen-bond donors (Lipinski definition) is 1. The third-order valence-electron chi connectivity index (χ3n) is 6.02. The highest BCUT2D eigenvalue weighted by atomic mass is 32.1. The maximum atomic E-state index is 15.5. The van der Waals surface area contributed by atoms with Crippen molar-refractivity contribution in [2.24, 2.45) is 0 Å². The first kappa shape index (κ1) is 29.1. The van der Waals surface area contributed by atoms with E-state index in [4.69, 9.17) is 9.47 Å². The number of benzene rings is 3. The summed E-state index contributed by atoms with van der Waals surface area (Å²) in [6.45, 7) is 5.28. The number of carbonyl (C=O) groups excluding carboxylic acids is 2. The van der Waals surface area contributed by atoms with E-state index in [-0.39, 0.29) is 12.3 Å². The number of nitrogens with zero attached hydrogens (tertiary/aromatic N) is 1. The Balaban J connectivity index is 1.84. The minimum atomic E-state index is -3.85. The minimum Gasteiger partial charge on any atom is -0.497 e. The van der Waals surface area contributed by atoms with Crippen molar-refractivity contribution in [1.29, 1.82) is 0 Å². The van der Waals surface area contributed by atoms with Gasteiger partial charge in [0.2, 0.25) is 13.2 Å². The second-order valence-corrected chi connectivity index (χ2v) is 13.7. The molecule has 1 unspecified atom stereocenters. The van der Waals surface area contributed by atoms with Gasteiger partial charge in [-0.1, -0.05) is 42.5 Å². The first-order chi connectivity index (χ1) is 19.1. The van der Waals surface area contributed by atoms with E-state index in [1.54, 1.807) is 101 Å². The van der Waals surface area contributed by atoms with E-state index < -0.39 is 25.0 Å². The molecule has 1 N–H and O–H groups in total. The molecule has 0 saturated heterocycles. The molecular formula is C31H33N2O5PS. The van der Waals surface area contributed by atoms with Gasteiger partial charge in [0.05, 0.1) is 19.6 Å². The average Bonchev–Trinajstić information content (AvgIpc) is 3.48. The number of nitrogens with one attached hydrogen (secondary N) is 1. The van der Waals surface area contributed by atoms with Gasteiger partial charge in [-0.3, -0.25) is 9.36 Å². The molecule has 208 valence electrons. The monoisotopic (exact) mass is 576 g/mol. The van der Waals surface area contributed by atoms with Gasteiger partial charge in [-0.15, -0.1) is 11.3 Å². The lowest BCUT2D eigenvalue weighted by atomic mass is 10.1. The highest BCUT2D eigenvalue weighted by Crippen LogP contribution is 2.54. The summed E-state index contributed by atoms with van der Waals surface area (Å²) in [7, 11) is -2.28. The van der Waals surface area contributed by atoms with Crippen molar-refractivity contribution >= 4 is 46.9 Å². The van der Waals surface area contributed by atoms with Gasteiger partial charge in [-0.25, -0.2) is 9.46 Å². The van der Waals surface area contributed by atoms with Crippen LogP contribution in [-0.4, -0.2) is 29.4 Å². The molecule has 0 aliphatic heterocycles. The SMILES string of the molecule is COc1ccc(NC(=O)CC(c2cccs2)N(C(=O)OC(C)(C)C)P(=O)(c2ccccc2)c2ccccc2)cc1. The van der Waals surface area contributed by atoms with Crippen molar-refractivity contribution in [3.05, 3.63) is 107 Å². The number of thiophene rings is 1. The number of hydrogen-bond acceptors (Lipinski definition) is 6. The number of carbonyl (C=O) groups is 2. The summed E-state index contributed by atoms with van der Waals surface area (Å²) in [5, 5.41) is 5.69. The van der Waals surface area contributed by atoms with Gasteiger partial charge in [0.1, 0.15) is 11.4 Å². The van der Waals surface area contributed by atoms with Gasteiger partial charge in [-0.2, -0.15) is 0 Å². The molecule has 4 aromatic rings. The van der Waals surface area contributed by atoms with Crippen LogP contribution >= 0.6 is 18.6 Å². The zero-order valence-electron chi connectivity index (χ0n) is 22.9. The molecule has 0 spiro atoms. The Morgan fingerprint density at radius 3 is 1.93 bits per heavy atom. The Kier molecular flexibility index (Phi) is 9.13. The van der Waals surface area contributed by atoms with Crippen LogP contribution < -0.4 is 20.7 Å². The third-order valence-corrected chi connectivity index (χ3v) is 10.0. The van der Waals surface area contributed by atoms with Crippen LogP contribution in [0.4, 0.5) is 10.5 Å². The average molecular weight is 577 g/mol. The Hall–Kier alpha value is -3.87. The van der Waals surface area contributed by atoms with Gasteiger partial charge in [-0.05, 0) is 80.7 Å². The van der Waals surface area contributed by atoms with Crippen molar-refractivity contribution in [3.8, 4) is 5.75 Å². The molecule has 4 rings (SSSR count). The zero-order valence-corrected chi connectivity index (χ0v) is 24.7. The molecule has 0 radical (unpaired) electrons. The van der Waals surface area contributed by atoms with Crippen LogP contribution in [0.15, 0.2) is 102 Å². The predicted octanol–water partition coefficient (Wildman–Crippen LogP) is 6.99. The molecular weight excluding hydrogens is 543 g/mol. The summed E-state index contributed by atoms with van der Waals surface area (Å²) < 4.78 is 27.8. The zero-order chi connectivity index (χ0) is 28.8. The fourth-order valence-corrected chi connectivity index (χ4v) is 7.97. The number of amides is 2. The molecule has 1 atom stereocenters. The molecule has 0 bridgehead atoms. The summed E-state index contributed by atoms with van der Waals surface area (Å²) in [5.74, 6) is 0.321. The van der Waals surface area contributed by atoms with E-state index in [1.165, 1.54) is 16.0 Å². The second kappa shape index (κ2) is 12.5. The predicted molar refractivity (Wildman–Crippen MR) is 161 cm³/mol. The topological polar surface area (TPSA) is 84.9 Å². The number of anilines is 1. The van der Waals surface area contributed by atoms with Gasteiger partial charge >= 0.3 is 6.09 Å². The lowest BCUT2D eigenvalue weighted by Crippen LogP contribution is -2.43. The van der Waals surface area contributed by atoms with Crippen LogP contribution in [-0.2, 0) is 14.1 Å². The Morgan fingerprint density at radius 1 is 0.875 bits per heavy atom. The molecule has 1 heterocycles. The minimum absolute atomic E-state index is 0.143. The fourth-order valence-electron chi connectivity index (χ4n) is 4.26. The van der Waals surface area contributed by atoms with E-state index in [0.717, 1.165) is 0 Å². The van der Waals surface area contributed by atoms with Gasteiger partial charge in [0, 0.05) is 21.2 Å². The van der Waals surface area contributed by atoms with Crippen molar-refractivity contribution < 1.29 is 23.6 Å². The fraction of sp³-hybridized carbons (Fsp3) is 0.226. The van der Waals surface area contributed by atoms with Crippen LogP contribution in [0.2, 0.25) is 0 Å². The van der Waals surface area contributed by atoms with Crippen molar-refractivity contribution in [2.75, 3.05) is 12.4 Å². The number of ether oxygens (including phenoxy) is 2. The summed E-state index contributed by atoms with van der Waals surface area (Å²) in [4.78, 5) is 28.3. The normalized spacial score (nSPS) is 12.3. The van der Waals surface area contributed by atoms with E-state index >= 15 is 4.57 Å². The van der Waals surface area contributed by atoms with Gasteiger partial charge in [0.15, 0.2) is 0 Å². The number of methoxy groups -OCH3 is 1. The second-order valence-electron chi connectivity index (χ2n) is 10.1. The smallest absolute Gasteiger partial charge is 0.416 e. The van der Waals surface area contributed by atoms with Crippen molar-refractivity contribution in [3.63, 3.8) is 0 Å². The molecule has 2 amide bonds. The molecule has 0 aliphatic rings. The van der Waals surface area contributed by atoms with Crippen LogP contribution in [0, 0.1) is 0 Å². The van der Waals surface area contributed by atoms with E-state index in [0.29, 0.717) is 26.9 Å². The molecule has 1 aromatic heterocycles. The van der Waals surface area contributed by atoms with E-state index in [9.17, 15) is 9.59 Å². The van der Waals surface area contributed by atoms with Crippen molar-refractivity contribution in [1.82, 2.24) is 4.67 Å². The Bertz CT molecular complexity index is 1410. The van der Waals surface area contributed by atoms with E-state index in [2.05, 4.69) is 5.32 Å². The van der Waals surface area contributed by atoms with E-state index in [1.807, 2.05) is 29.6 Å². The maximum Gasteiger partial charge on any atom is 0.416 e. The quantitative estimate of drug-likeness (QED) is 0.217. The highest BCUT2D eigenvalue weighted by Gasteiger charge is 2.45. The first-order valence-corrected chi connectivity index (χ1v) is 15.4. The molecule has 3 aromatic carbocycles. The van der Waals surface area contributed by atoms with Crippen LogP contribution in [0.5, 0.6) is 5.75 Å². The largest absolute Gasteiger partial charge is 0.497 e. The molecule has 7 nitrogen and oxygen atoms in total. The molecule has 9 heteroatoms. The lowest BCUT2D eigenvalue weighted by molar-refractivity contribution is -0.117. The summed E-state index contributed by atoms with van der Waals surface area (Å²) in [6.07, 6.45) is -0.908. The Labute approximate surface area is 239 Å². The summed E-state index contributed by atoms with van der Waals surface area (Å²) in [6, 6.07) is 27.6. The van der Waals surface area contributed by atoms with Gasteiger partial charge in [0.25, 0.3) is 0 Å². The maximum absolute atomic E-state index is 15.5. The Morgan fingerprint density at radius 2 is 1.45 bits per heavy atom.